The Morgan fingerprint density at radius 1 is 1.09 bits per heavy atom. The Bertz CT molecular complexity index is 730. The third-order valence-electron chi connectivity index (χ3n) is 2.73. The zero-order valence-corrected chi connectivity index (χ0v) is 13.6. The highest BCUT2D eigenvalue weighted by atomic mass is 35.5. The molecule has 2 rings (SSSR count). The van der Waals surface area contributed by atoms with Crippen LogP contribution in [0.3, 0.4) is 0 Å². The minimum absolute atomic E-state index is 0.212. The molecule has 0 aliphatic heterocycles. The van der Waals surface area contributed by atoms with Crippen molar-refractivity contribution >= 4 is 35.1 Å². The van der Waals surface area contributed by atoms with Crippen LogP contribution in [-0.2, 0) is 9.53 Å². The molecule has 0 saturated carbocycles. The molecule has 5 nitrogen and oxygen atoms in total. The Labute approximate surface area is 142 Å². The van der Waals surface area contributed by atoms with E-state index in [0.717, 1.165) is 0 Å². The summed E-state index contributed by atoms with van der Waals surface area (Å²) in [6, 6.07) is 10.7. The number of carbonyl (C=O) groups is 2. The number of benzene rings is 2. The van der Waals surface area contributed by atoms with Crippen LogP contribution in [0.15, 0.2) is 42.5 Å². The zero-order chi connectivity index (χ0) is 16.8. The van der Waals surface area contributed by atoms with Gasteiger partial charge in [0.25, 0.3) is 0 Å². The van der Waals surface area contributed by atoms with Crippen molar-refractivity contribution < 1.29 is 23.8 Å². The van der Waals surface area contributed by atoms with Crippen molar-refractivity contribution in [3.63, 3.8) is 0 Å². The summed E-state index contributed by atoms with van der Waals surface area (Å²) in [4.78, 5) is 23.2. The van der Waals surface area contributed by atoms with E-state index in [-0.39, 0.29) is 22.9 Å². The number of carbonyl (C=O) groups excluding carboxylic acids is 2. The summed E-state index contributed by atoms with van der Waals surface area (Å²) < 4.78 is 15.0. The second-order valence-corrected chi connectivity index (χ2v) is 5.20. The molecule has 2 aromatic carbocycles. The molecular weight excluding hydrogens is 343 g/mol. The van der Waals surface area contributed by atoms with Crippen LogP contribution in [0.4, 0.5) is 0 Å². The van der Waals surface area contributed by atoms with Gasteiger partial charge in [-0.25, -0.2) is 9.59 Å². The summed E-state index contributed by atoms with van der Waals surface area (Å²) in [7, 11) is 1.27. The van der Waals surface area contributed by atoms with Gasteiger partial charge in [-0.3, -0.25) is 0 Å². The molecule has 0 amide bonds. The fourth-order valence-electron chi connectivity index (χ4n) is 1.69. The second kappa shape index (κ2) is 7.85. The molecule has 23 heavy (non-hydrogen) atoms. The highest BCUT2D eigenvalue weighted by molar-refractivity contribution is 6.35. The molecule has 120 valence electrons. The topological polar surface area (TPSA) is 61.8 Å². The van der Waals surface area contributed by atoms with E-state index in [1.165, 1.54) is 19.2 Å². The molecule has 0 saturated heterocycles. The normalized spacial score (nSPS) is 10.0. The van der Waals surface area contributed by atoms with Gasteiger partial charge in [0.05, 0.1) is 17.7 Å². The van der Waals surface area contributed by atoms with Gasteiger partial charge >= 0.3 is 11.9 Å². The first-order chi connectivity index (χ1) is 11.0. The van der Waals surface area contributed by atoms with Gasteiger partial charge in [-0.05, 0) is 36.4 Å². The Morgan fingerprint density at radius 3 is 2.57 bits per heavy atom. The number of esters is 2. The molecule has 0 spiro atoms. The van der Waals surface area contributed by atoms with Gasteiger partial charge in [0.15, 0.2) is 6.61 Å². The van der Waals surface area contributed by atoms with Crippen molar-refractivity contribution in [3.8, 4) is 11.5 Å². The Morgan fingerprint density at radius 2 is 1.87 bits per heavy atom. The van der Waals surface area contributed by atoms with Gasteiger partial charge in [-0.2, -0.15) is 0 Å². The highest BCUT2D eigenvalue weighted by Crippen LogP contribution is 2.27. The van der Waals surface area contributed by atoms with Crippen molar-refractivity contribution in [2.75, 3.05) is 13.7 Å². The Hall–Kier alpha value is -2.24. The van der Waals surface area contributed by atoms with Crippen LogP contribution in [0.2, 0.25) is 10.0 Å². The monoisotopic (exact) mass is 354 g/mol. The summed E-state index contributed by atoms with van der Waals surface area (Å²) >= 11 is 11.7. The van der Waals surface area contributed by atoms with Gasteiger partial charge in [-0.1, -0.05) is 29.3 Å². The maximum absolute atomic E-state index is 11.8. The molecule has 7 heteroatoms. The number of hydrogen-bond acceptors (Lipinski definition) is 5. The Kier molecular flexibility index (Phi) is 5.84. The molecule has 0 fully saturated rings. The quantitative estimate of drug-likeness (QED) is 0.604. The maximum Gasteiger partial charge on any atom is 0.349 e. The Balaban J connectivity index is 1.96. The summed E-state index contributed by atoms with van der Waals surface area (Å²) in [6.07, 6.45) is 0. The van der Waals surface area contributed by atoms with Crippen molar-refractivity contribution in [1.29, 1.82) is 0 Å². The van der Waals surface area contributed by atoms with E-state index >= 15 is 0 Å². The molecule has 0 bridgehead atoms. The van der Waals surface area contributed by atoms with Gasteiger partial charge < -0.3 is 14.2 Å². The average molecular weight is 355 g/mol. The largest absolute Gasteiger partial charge is 0.480 e. The lowest BCUT2D eigenvalue weighted by atomic mass is 10.2. The van der Waals surface area contributed by atoms with Crippen LogP contribution >= 0.6 is 23.2 Å². The molecule has 0 radical (unpaired) electrons. The number of ether oxygens (including phenoxy) is 3. The predicted molar refractivity (Wildman–Crippen MR) is 85.4 cm³/mol. The lowest BCUT2D eigenvalue weighted by molar-refractivity contribution is -0.136. The average Bonchev–Trinajstić information content (AvgIpc) is 2.53. The molecule has 0 unspecified atom stereocenters. The molecule has 0 heterocycles. The van der Waals surface area contributed by atoms with E-state index in [9.17, 15) is 9.59 Å². The molecule has 0 atom stereocenters. The van der Waals surface area contributed by atoms with Crippen LogP contribution in [0.25, 0.3) is 0 Å². The maximum atomic E-state index is 11.8. The van der Waals surface area contributed by atoms with Crippen molar-refractivity contribution in [3.05, 3.63) is 58.1 Å². The second-order valence-electron chi connectivity index (χ2n) is 4.36. The van der Waals surface area contributed by atoms with E-state index in [0.29, 0.717) is 10.8 Å². The molecule has 0 aliphatic carbocycles. The molecule has 0 aromatic heterocycles. The van der Waals surface area contributed by atoms with Gasteiger partial charge in [-0.15, -0.1) is 0 Å². The fraction of sp³-hybridized carbons (Fsp3) is 0.125. The summed E-state index contributed by atoms with van der Waals surface area (Å²) in [6.45, 7) is -0.343. The van der Waals surface area contributed by atoms with Crippen LogP contribution in [-0.4, -0.2) is 25.7 Å². The SMILES string of the molecule is COC(=O)c1cccc(OC(=O)COc2ccc(Cl)cc2Cl)c1. The summed E-state index contributed by atoms with van der Waals surface area (Å²) in [5.74, 6) is -0.634. The molecule has 0 N–H and O–H groups in total. The van der Waals surface area contributed by atoms with E-state index in [1.807, 2.05) is 0 Å². The molecule has 0 aliphatic rings. The number of halogens is 2. The van der Waals surface area contributed by atoms with E-state index in [2.05, 4.69) is 4.74 Å². The van der Waals surface area contributed by atoms with Crippen molar-refractivity contribution in [1.82, 2.24) is 0 Å². The minimum atomic E-state index is -0.641. The summed E-state index contributed by atoms with van der Waals surface area (Å²) in [5.41, 5.74) is 0.277. The van der Waals surface area contributed by atoms with Crippen LogP contribution in [0.5, 0.6) is 11.5 Å². The van der Waals surface area contributed by atoms with E-state index in [4.69, 9.17) is 32.7 Å². The molecular formula is C16H12Cl2O5. The fourth-order valence-corrected chi connectivity index (χ4v) is 2.16. The standard InChI is InChI=1S/C16H12Cl2O5/c1-21-16(20)10-3-2-4-12(7-10)23-15(19)9-22-14-6-5-11(17)8-13(14)18/h2-8H,9H2,1H3. The van der Waals surface area contributed by atoms with Crippen LogP contribution in [0, 0.1) is 0 Å². The third kappa shape index (κ3) is 4.87. The van der Waals surface area contributed by atoms with Crippen LogP contribution < -0.4 is 9.47 Å². The first kappa shape index (κ1) is 17.1. The smallest absolute Gasteiger partial charge is 0.349 e. The number of rotatable bonds is 5. The van der Waals surface area contributed by atoms with E-state index < -0.39 is 11.9 Å². The van der Waals surface area contributed by atoms with Gasteiger partial charge in [0.2, 0.25) is 0 Å². The van der Waals surface area contributed by atoms with Crippen LogP contribution in [0.1, 0.15) is 10.4 Å². The number of hydrogen-bond donors (Lipinski definition) is 0. The van der Waals surface area contributed by atoms with Crippen molar-refractivity contribution in [2.24, 2.45) is 0 Å². The first-order valence-corrected chi connectivity index (χ1v) is 7.22. The first-order valence-electron chi connectivity index (χ1n) is 6.46. The predicted octanol–water partition coefficient (Wildman–Crippen LogP) is 3.76. The zero-order valence-electron chi connectivity index (χ0n) is 12.0. The lowest BCUT2D eigenvalue weighted by Gasteiger charge is -2.09. The highest BCUT2D eigenvalue weighted by Gasteiger charge is 2.11. The third-order valence-corrected chi connectivity index (χ3v) is 3.26. The van der Waals surface area contributed by atoms with Gasteiger partial charge in [0.1, 0.15) is 11.5 Å². The molecule has 2 aromatic rings. The van der Waals surface area contributed by atoms with E-state index in [1.54, 1.807) is 30.3 Å². The van der Waals surface area contributed by atoms with Gasteiger partial charge in [0, 0.05) is 5.02 Å². The summed E-state index contributed by atoms with van der Waals surface area (Å²) in [5, 5.41) is 0.752. The lowest BCUT2D eigenvalue weighted by Crippen LogP contribution is -2.18. The number of methoxy groups -OCH3 is 1. The van der Waals surface area contributed by atoms with Crippen molar-refractivity contribution in [2.45, 2.75) is 0 Å². The minimum Gasteiger partial charge on any atom is -0.480 e.